The van der Waals surface area contributed by atoms with E-state index in [1.165, 1.54) is 12.1 Å². The zero-order valence-electron chi connectivity index (χ0n) is 18.2. The quantitative estimate of drug-likeness (QED) is 0.407. The number of likely N-dealkylation sites (tertiary alicyclic amines) is 1. The molecule has 1 amide bonds. The Bertz CT molecular complexity index is 1420. The first-order valence-corrected chi connectivity index (χ1v) is 12.9. The largest absolute Gasteiger partial charge is 0.340 e. The van der Waals surface area contributed by atoms with Gasteiger partial charge in [-0.3, -0.25) is 4.79 Å². The number of amides is 1. The van der Waals surface area contributed by atoms with Crippen LogP contribution in [0.25, 0.3) is 11.0 Å². The van der Waals surface area contributed by atoms with E-state index < -0.39 is 10.0 Å². The lowest BCUT2D eigenvalue weighted by Crippen LogP contribution is -2.31. The van der Waals surface area contributed by atoms with Crippen LogP contribution in [0.15, 0.2) is 77.7 Å². The molecule has 174 valence electrons. The summed E-state index contributed by atoms with van der Waals surface area (Å²) in [6.07, 6.45) is 1.62. The van der Waals surface area contributed by atoms with E-state index in [1.54, 1.807) is 11.0 Å². The first-order valence-electron chi connectivity index (χ1n) is 11.0. The van der Waals surface area contributed by atoms with E-state index in [1.807, 2.05) is 54.6 Å². The Morgan fingerprint density at radius 2 is 1.85 bits per heavy atom. The number of hydrogen-bond acceptors (Lipinski definition) is 4. The van der Waals surface area contributed by atoms with Crippen LogP contribution in [-0.4, -0.2) is 35.7 Å². The maximum Gasteiger partial charge on any atom is 0.254 e. The van der Waals surface area contributed by atoms with Crippen LogP contribution in [0.2, 0.25) is 5.02 Å². The number of carbonyl (C=O) groups excluding carboxylic acids is 1. The van der Waals surface area contributed by atoms with Crippen LogP contribution in [0.3, 0.4) is 0 Å². The number of nitrogens with one attached hydrogen (secondary N) is 2. The van der Waals surface area contributed by atoms with Gasteiger partial charge in [-0.05, 0) is 48.7 Å². The zero-order chi connectivity index (χ0) is 23.7. The summed E-state index contributed by atoms with van der Waals surface area (Å²) < 4.78 is 28.5. The number of aromatic amines is 1. The number of benzene rings is 3. The summed E-state index contributed by atoms with van der Waals surface area (Å²) in [6, 6.07) is 21.1. The molecule has 1 aliphatic heterocycles. The van der Waals surface area contributed by atoms with Gasteiger partial charge >= 0.3 is 0 Å². The van der Waals surface area contributed by atoms with E-state index in [2.05, 4.69) is 14.7 Å². The van der Waals surface area contributed by atoms with E-state index in [-0.39, 0.29) is 34.0 Å². The predicted molar refractivity (Wildman–Crippen MR) is 131 cm³/mol. The lowest BCUT2D eigenvalue weighted by molar-refractivity contribution is 0.0730. The van der Waals surface area contributed by atoms with Gasteiger partial charge < -0.3 is 9.88 Å². The van der Waals surface area contributed by atoms with Crippen LogP contribution in [0, 0.1) is 0 Å². The van der Waals surface area contributed by atoms with Gasteiger partial charge in [0.05, 0.1) is 22.1 Å². The van der Waals surface area contributed by atoms with Gasteiger partial charge in [0.25, 0.3) is 5.91 Å². The average molecular weight is 495 g/mol. The Hall–Kier alpha value is -3.20. The van der Waals surface area contributed by atoms with Gasteiger partial charge in [0, 0.05) is 18.7 Å². The van der Waals surface area contributed by atoms with Crippen molar-refractivity contribution in [3.05, 3.63) is 94.8 Å². The van der Waals surface area contributed by atoms with Gasteiger partial charge in [-0.15, -0.1) is 0 Å². The number of aromatic nitrogens is 2. The van der Waals surface area contributed by atoms with Crippen LogP contribution in [-0.2, 0) is 16.6 Å². The summed E-state index contributed by atoms with van der Waals surface area (Å²) in [6.45, 7) is 0.690. The molecule has 1 aromatic heterocycles. The Morgan fingerprint density at radius 3 is 2.65 bits per heavy atom. The molecule has 0 saturated carbocycles. The summed E-state index contributed by atoms with van der Waals surface area (Å²) in [5.74, 6) is 0.484. The molecule has 7 nitrogen and oxygen atoms in total. The molecular formula is C25H23ClN4O3S. The summed E-state index contributed by atoms with van der Waals surface area (Å²) in [4.78, 5) is 23.1. The van der Waals surface area contributed by atoms with Crippen molar-refractivity contribution in [3.8, 4) is 0 Å². The number of H-pyrrole nitrogens is 1. The van der Waals surface area contributed by atoms with E-state index in [4.69, 9.17) is 11.6 Å². The maximum absolute atomic E-state index is 13.4. The molecule has 9 heteroatoms. The molecule has 1 saturated heterocycles. The Balaban J connectivity index is 1.40. The highest BCUT2D eigenvalue weighted by atomic mass is 35.5. The molecule has 5 rings (SSSR count). The third-order valence-electron chi connectivity index (χ3n) is 6.01. The highest BCUT2D eigenvalue weighted by molar-refractivity contribution is 7.89. The number of imidazole rings is 1. The molecule has 0 aliphatic carbocycles. The van der Waals surface area contributed by atoms with Gasteiger partial charge in [0.2, 0.25) is 10.0 Å². The Labute approximate surface area is 202 Å². The summed E-state index contributed by atoms with van der Waals surface area (Å²) in [7, 11) is -3.92. The molecule has 0 radical (unpaired) electrons. The molecule has 4 aromatic rings. The van der Waals surface area contributed by atoms with Crippen molar-refractivity contribution >= 4 is 38.6 Å². The summed E-state index contributed by atoms with van der Waals surface area (Å²) >= 11 is 6.24. The number of rotatable bonds is 6. The first kappa shape index (κ1) is 22.6. The SMILES string of the molecule is O=C(c1ccc(Cl)c(S(=O)(=O)NCc2ccccc2)c1)N1CCCC1c1nc2ccccc2[nH]1. The number of halogens is 1. The van der Waals surface area contributed by atoms with Gasteiger partial charge in [0.1, 0.15) is 10.7 Å². The molecule has 34 heavy (non-hydrogen) atoms. The van der Waals surface area contributed by atoms with E-state index in [0.717, 1.165) is 35.3 Å². The zero-order valence-corrected chi connectivity index (χ0v) is 19.8. The van der Waals surface area contributed by atoms with Gasteiger partial charge in [-0.25, -0.2) is 18.1 Å². The molecule has 2 N–H and O–H groups in total. The number of fused-ring (bicyclic) bond motifs is 1. The third kappa shape index (κ3) is 4.44. The second kappa shape index (κ2) is 9.21. The van der Waals surface area contributed by atoms with E-state index in [9.17, 15) is 13.2 Å². The van der Waals surface area contributed by atoms with Crippen molar-refractivity contribution < 1.29 is 13.2 Å². The predicted octanol–water partition coefficient (Wildman–Crippen LogP) is 4.67. The minimum Gasteiger partial charge on any atom is -0.340 e. The van der Waals surface area contributed by atoms with Crippen LogP contribution in [0.1, 0.15) is 40.6 Å². The van der Waals surface area contributed by atoms with Crippen LogP contribution in [0.4, 0.5) is 0 Å². The fraction of sp³-hybridized carbons (Fsp3) is 0.200. The Morgan fingerprint density at radius 1 is 1.09 bits per heavy atom. The van der Waals surface area contributed by atoms with Crippen molar-refractivity contribution in [2.24, 2.45) is 0 Å². The molecule has 1 atom stereocenters. The molecule has 1 aliphatic rings. The minimum atomic E-state index is -3.92. The number of nitrogens with zero attached hydrogens (tertiary/aromatic N) is 2. The molecule has 1 unspecified atom stereocenters. The summed E-state index contributed by atoms with van der Waals surface area (Å²) in [5.41, 5.74) is 2.86. The van der Waals surface area contributed by atoms with Crippen LogP contribution >= 0.6 is 11.6 Å². The lowest BCUT2D eigenvalue weighted by Gasteiger charge is -2.23. The number of carbonyl (C=O) groups is 1. The van der Waals surface area contributed by atoms with Crippen molar-refractivity contribution in [1.82, 2.24) is 19.6 Å². The lowest BCUT2D eigenvalue weighted by atomic mass is 10.1. The van der Waals surface area contributed by atoms with Crippen molar-refractivity contribution in [2.75, 3.05) is 6.54 Å². The number of para-hydroxylation sites is 2. The normalized spacial score (nSPS) is 16.3. The van der Waals surface area contributed by atoms with E-state index >= 15 is 0 Å². The van der Waals surface area contributed by atoms with Gasteiger partial charge in [0.15, 0.2) is 0 Å². The monoisotopic (exact) mass is 494 g/mol. The van der Waals surface area contributed by atoms with Gasteiger partial charge in [-0.2, -0.15) is 0 Å². The topological polar surface area (TPSA) is 95.2 Å². The summed E-state index contributed by atoms with van der Waals surface area (Å²) in [5, 5.41) is 0.0624. The van der Waals surface area contributed by atoms with E-state index in [0.29, 0.717) is 6.54 Å². The molecule has 0 spiro atoms. The second-order valence-corrected chi connectivity index (χ2v) is 10.4. The molecule has 2 heterocycles. The standard InChI is InChI=1S/C25H23ClN4O3S/c26-19-13-12-18(15-23(19)34(32,33)27-16-17-7-2-1-3-8-17)25(31)30-14-6-11-22(30)24-28-20-9-4-5-10-21(20)29-24/h1-5,7-10,12-13,15,22,27H,6,11,14,16H2,(H,28,29). The first-order chi connectivity index (χ1) is 16.4. The number of sulfonamides is 1. The molecular weight excluding hydrogens is 472 g/mol. The fourth-order valence-electron chi connectivity index (χ4n) is 4.28. The molecule has 1 fully saturated rings. The average Bonchev–Trinajstić information content (AvgIpc) is 3.50. The number of hydrogen-bond donors (Lipinski definition) is 2. The van der Waals surface area contributed by atoms with Crippen molar-refractivity contribution in [2.45, 2.75) is 30.3 Å². The van der Waals surface area contributed by atoms with Crippen LogP contribution in [0.5, 0.6) is 0 Å². The highest BCUT2D eigenvalue weighted by Gasteiger charge is 2.33. The Kier molecular flexibility index (Phi) is 6.12. The minimum absolute atomic E-state index is 0.0624. The third-order valence-corrected chi connectivity index (χ3v) is 7.90. The highest BCUT2D eigenvalue weighted by Crippen LogP contribution is 2.33. The van der Waals surface area contributed by atoms with Crippen molar-refractivity contribution in [3.63, 3.8) is 0 Å². The fourth-order valence-corrected chi connectivity index (χ4v) is 5.83. The molecule has 0 bridgehead atoms. The van der Waals surface area contributed by atoms with Crippen LogP contribution < -0.4 is 4.72 Å². The van der Waals surface area contributed by atoms with Gasteiger partial charge in [-0.1, -0.05) is 54.1 Å². The van der Waals surface area contributed by atoms with Crippen molar-refractivity contribution in [1.29, 1.82) is 0 Å². The molecule has 3 aromatic carbocycles. The maximum atomic E-state index is 13.4. The smallest absolute Gasteiger partial charge is 0.254 e. The second-order valence-electron chi connectivity index (χ2n) is 8.25.